The third-order valence-electron chi connectivity index (χ3n) is 3.20. The van der Waals surface area contributed by atoms with E-state index in [1.54, 1.807) is 19.1 Å². The smallest absolute Gasteiger partial charge is 0.254 e. The van der Waals surface area contributed by atoms with Crippen LogP contribution in [0.1, 0.15) is 42.1 Å². The molecule has 0 fully saturated rings. The van der Waals surface area contributed by atoms with Gasteiger partial charge in [0.1, 0.15) is 5.82 Å². The maximum Gasteiger partial charge on any atom is 0.254 e. The molecule has 0 aliphatic carbocycles. The van der Waals surface area contributed by atoms with Gasteiger partial charge in [0.25, 0.3) is 5.91 Å². The number of benzene rings is 1. The molecular weight excluding hydrogens is 309 g/mol. The number of halogens is 2. The van der Waals surface area contributed by atoms with E-state index in [9.17, 15) is 9.18 Å². The summed E-state index contributed by atoms with van der Waals surface area (Å²) in [5, 5.41) is 3.76. The van der Waals surface area contributed by atoms with Crippen LogP contribution in [0.3, 0.4) is 0 Å². The first kappa shape index (κ1) is 16.2. The third-order valence-corrected chi connectivity index (χ3v) is 3.66. The highest BCUT2D eigenvalue weighted by atomic mass is 79.9. The predicted octanol–water partition coefficient (Wildman–Crippen LogP) is 4.07. The van der Waals surface area contributed by atoms with Gasteiger partial charge >= 0.3 is 0 Å². The van der Waals surface area contributed by atoms with E-state index in [1.807, 2.05) is 0 Å². The van der Waals surface area contributed by atoms with Crippen molar-refractivity contribution in [3.05, 3.63) is 35.1 Å². The van der Waals surface area contributed by atoms with Crippen LogP contribution in [0.4, 0.5) is 4.39 Å². The Kier molecular flexibility index (Phi) is 7.06. The average Bonchev–Trinajstić information content (AvgIpc) is 2.39. The molecule has 0 bridgehead atoms. The molecule has 0 aliphatic heterocycles. The zero-order valence-electron chi connectivity index (χ0n) is 11.5. The van der Waals surface area contributed by atoms with Crippen molar-refractivity contribution in [3.8, 4) is 0 Å². The van der Waals surface area contributed by atoms with E-state index in [4.69, 9.17) is 0 Å². The van der Waals surface area contributed by atoms with E-state index in [-0.39, 0.29) is 11.5 Å². The number of rotatable bonds is 7. The van der Waals surface area contributed by atoms with Crippen molar-refractivity contribution in [1.82, 2.24) is 5.32 Å². The first-order chi connectivity index (χ1) is 9.10. The molecular formula is C15H21BrFNO. The fourth-order valence-electron chi connectivity index (χ4n) is 2.07. The number of amides is 1. The number of hydrogen-bond donors (Lipinski definition) is 1. The van der Waals surface area contributed by atoms with Gasteiger partial charge in [-0.05, 0) is 37.3 Å². The molecule has 0 heterocycles. The molecule has 0 aliphatic rings. The number of hydrogen-bond acceptors (Lipinski definition) is 1. The van der Waals surface area contributed by atoms with E-state index >= 15 is 0 Å². The second-order valence-corrected chi connectivity index (χ2v) is 5.57. The second-order valence-electron chi connectivity index (χ2n) is 4.78. The third kappa shape index (κ3) is 4.94. The zero-order valence-corrected chi connectivity index (χ0v) is 13.1. The van der Waals surface area contributed by atoms with Gasteiger partial charge in [-0.1, -0.05) is 41.4 Å². The highest BCUT2D eigenvalue weighted by Gasteiger charge is 2.14. The minimum atomic E-state index is -0.424. The minimum absolute atomic E-state index is 0.133. The quantitative estimate of drug-likeness (QED) is 0.751. The number of carbonyl (C=O) groups excluding carboxylic acids is 1. The van der Waals surface area contributed by atoms with Crippen molar-refractivity contribution in [2.45, 2.75) is 33.1 Å². The van der Waals surface area contributed by atoms with Crippen LogP contribution in [-0.4, -0.2) is 17.8 Å². The molecule has 0 aromatic heterocycles. The molecule has 106 valence electrons. The SMILES string of the molecule is CCCC(CCBr)CNC(=O)c1cccc(C)c1F. The fraction of sp³-hybridized carbons (Fsp3) is 0.533. The highest BCUT2D eigenvalue weighted by Crippen LogP contribution is 2.14. The molecule has 0 saturated heterocycles. The van der Waals surface area contributed by atoms with Gasteiger partial charge in [0, 0.05) is 11.9 Å². The first-order valence-electron chi connectivity index (χ1n) is 6.69. The van der Waals surface area contributed by atoms with Gasteiger partial charge in [0.05, 0.1) is 5.56 Å². The lowest BCUT2D eigenvalue weighted by atomic mass is 10.0. The molecule has 4 heteroatoms. The molecule has 0 spiro atoms. The average molecular weight is 330 g/mol. The Hall–Kier alpha value is -0.900. The Bertz CT molecular complexity index is 417. The van der Waals surface area contributed by atoms with Crippen LogP contribution in [0, 0.1) is 18.7 Å². The van der Waals surface area contributed by atoms with Gasteiger partial charge in [-0.25, -0.2) is 4.39 Å². The van der Waals surface area contributed by atoms with Crippen molar-refractivity contribution < 1.29 is 9.18 Å². The summed E-state index contributed by atoms with van der Waals surface area (Å²) >= 11 is 3.42. The summed E-state index contributed by atoms with van der Waals surface area (Å²) in [7, 11) is 0. The summed E-state index contributed by atoms with van der Waals surface area (Å²) in [5.74, 6) is -0.300. The summed E-state index contributed by atoms with van der Waals surface area (Å²) < 4.78 is 13.8. The number of alkyl halides is 1. The summed E-state index contributed by atoms with van der Waals surface area (Å²) in [4.78, 5) is 12.0. The van der Waals surface area contributed by atoms with Gasteiger partial charge in [-0.3, -0.25) is 4.79 Å². The normalized spacial score (nSPS) is 12.2. The largest absolute Gasteiger partial charge is 0.352 e. The lowest BCUT2D eigenvalue weighted by Gasteiger charge is -2.16. The lowest BCUT2D eigenvalue weighted by Crippen LogP contribution is -2.30. The molecule has 0 saturated carbocycles. The number of nitrogens with one attached hydrogen (secondary N) is 1. The van der Waals surface area contributed by atoms with Gasteiger partial charge < -0.3 is 5.32 Å². The van der Waals surface area contributed by atoms with Crippen molar-refractivity contribution in [3.63, 3.8) is 0 Å². The summed E-state index contributed by atoms with van der Waals surface area (Å²) in [6.45, 7) is 4.39. The molecule has 1 aromatic rings. The molecule has 1 N–H and O–H groups in total. The van der Waals surface area contributed by atoms with Crippen molar-refractivity contribution in [2.75, 3.05) is 11.9 Å². The molecule has 1 atom stereocenters. The maximum absolute atomic E-state index is 13.8. The van der Waals surface area contributed by atoms with Crippen LogP contribution in [-0.2, 0) is 0 Å². The Balaban J connectivity index is 2.61. The fourth-order valence-corrected chi connectivity index (χ4v) is 2.71. The van der Waals surface area contributed by atoms with Gasteiger partial charge in [0.2, 0.25) is 0 Å². The molecule has 19 heavy (non-hydrogen) atoms. The lowest BCUT2D eigenvalue weighted by molar-refractivity contribution is 0.0942. The summed E-state index contributed by atoms with van der Waals surface area (Å²) in [5.41, 5.74) is 0.632. The monoisotopic (exact) mass is 329 g/mol. The zero-order chi connectivity index (χ0) is 14.3. The first-order valence-corrected chi connectivity index (χ1v) is 7.81. The van der Waals surface area contributed by atoms with E-state index in [2.05, 4.69) is 28.2 Å². The highest BCUT2D eigenvalue weighted by molar-refractivity contribution is 9.09. The van der Waals surface area contributed by atoms with Gasteiger partial charge in [-0.2, -0.15) is 0 Å². The molecule has 1 aromatic carbocycles. The molecule has 2 nitrogen and oxygen atoms in total. The van der Waals surface area contributed by atoms with Crippen molar-refractivity contribution in [1.29, 1.82) is 0 Å². The van der Waals surface area contributed by atoms with Crippen LogP contribution < -0.4 is 5.32 Å². The van der Waals surface area contributed by atoms with E-state index in [0.29, 0.717) is 18.0 Å². The van der Waals surface area contributed by atoms with Gasteiger partial charge in [-0.15, -0.1) is 0 Å². The Labute approximate surface area is 122 Å². The summed E-state index contributed by atoms with van der Waals surface area (Å²) in [6.07, 6.45) is 3.18. The van der Waals surface area contributed by atoms with Crippen molar-refractivity contribution >= 4 is 21.8 Å². The molecule has 0 radical (unpaired) electrons. The maximum atomic E-state index is 13.8. The van der Waals surface area contributed by atoms with Gasteiger partial charge in [0.15, 0.2) is 0 Å². The Morgan fingerprint density at radius 1 is 1.42 bits per heavy atom. The topological polar surface area (TPSA) is 29.1 Å². The van der Waals surface area contributed by atoms with E-state index in [1.165, 1.54) is 6.07 Å². The van der Waals surface area contributed by atoms with E-state index in [0.717, 1.165) is 24.6 Å². The molecule has 1 unspecified atom stereocenters. The van der Waals surface area contributed by atoms with E-state index < -0.39 is 5.82 Å². The predicted molar refractivity (Wildman–Crippen MR) is 80.3 cm³/mol. The van der Waals surface area contributed by atoms with Crippen LogP contribution >= 0.6 is 15.9 Å². The number of carbonyl (C=O) groups is 1. The standard InChI is InChI=1S/C15H21BrFNO/c1-3-5-12(8-9-16)10-18-15(19)13-7-4-6-11(2)14(13)17/h4,6-7,12H,3,5,8-10H2,1-2H3,(H,18,19). The molecule has 1 rings (SSSR count). The Morgan fingerprint density at radius 2 is 2.16 bits per heavy atom. The van der Waals surface area contributed by atoms with Crippen molar-refractivity contribution in [2.24, 2.45) is 5.92 Å². The van der Waals surface area contributed by atoms with Crippen LogP contribution in [0.15, 0.2) is 18.2 Å². The second kappa shape index (κ2) is 8.31. The number of aryl methyl sites for hydroxylation is 1. The minimum Gasteiger partial charge on any atom is -0.352 e. The van der Waals surface area contributed by atoms with Crippen LogP contribution in [0.2, 0.25) is 0 Å². The Morgan fingerprint density at radius 3 is 2.79 bits per heavy atom. The summed E-state index contributed by atoms with van der Waals surface area (Å²) in [6, 6.07) is 4.89. The van der Waals surface area contributed by atoms with Crippen LogP contribution in [0.5, 0.6) is 0 Å². The molecule has 1 amide bonds. The van der Waals surface area contributed by atoms with Crippen LogP contribution in [0.25, 0.3) is 0 Å².